The lowest BCUT2D eigenvalue weighted by Gasteiger charge is -2.18. The first-order chi connectivity index (χ1) is 13.8. The van der Waals surface area contributed by atoms with Crippen LogP contribution in [0.4, 0.5) is 0 Å². The summed E-state index contributed by atoms with van der Waals surface area (Å²) in [6.45, 7) is 2.35. The van der Waals surface area contributed by atoms with E-state index < -0.39 is 0 Å². The molecule has 8 heteroatoms. The van der Waals surface area contributed by atoms with Gasteiger partial charge in [0.1, 0.15) is 16.2 Å². The Balaban J connectivity index is 1.45. The molecule has 1 saturated carbocycles. The molecule has 142 valence electrons. The van der Waals surface area contributed by atoms with Crippen molar-refractivity contribution in [2.75, 3.05) is 0 Å². The first-order valence-corrected chi connectivity index (χ1v) is 12.2. The van der Waals surface area contributed by atoms with Gasteiger partial charge < -0.3 is 0 Å². The maximum atomic E-state index is 4.67. The van der Waals surface area contributed by atoms with E-state index in [1.165, 1.54) is 46.4 Å². The molecule has 1 fully saturated rings. The van der Waals surface area contributed by atoms with Gasteiger partial charge in [-0.25, -0.2) is 9.97 Å². The predicted octanol–water partition coefficient (Wildman–Crippen LogP) is 5.62. The molecule has 0 radical (unpaired) electrons. The first-order valence-electron chi connectivity index (χ1n) is 9.70. The van der Waals surface area contributed by atoms with Gasteiger partial charge in [0, 0.05) is 16.3 Å². The van der Waals surface area contributed by atoms with Gasteiger partial charge in [-0.3, -0.25) is 4.57 Å². The number of thiophene rings is 2. The van der Waals surface area contributed by atoms with Gasteiger partial charge in [-0.15, -0.1) is 32.9 Å². The van der Waals surface area contributed by atoms with Gasteiger partial charge in [-0.05, 0) is 66.8 Å². The molecule has 6 rings (SSSR count). The van der Waals surface area contributed by atoms with E-state index in [2.05, 4.69) is 49.2 Å². The zero-order chi connectivity index (χ0) is 18.7. The van der Waals surface area contributed by atoms with Crippen LogP contribution < -0.4 is 0 Å². The molecule has 4 heterocycles. The van der Waals surface area contributed by atoms with Crippen molar-refractivity contribution in [3.63, 3.8) is 0 Å². The summed E-state index contributed by atoms with van der Waals surface area (Å²) in [6, 6.07) is 4.72. The second-order valence-electron chi connectivity index (χ2n) is 7.70. The molecule has 2 aliphatic rings. The third-order valence-electron chi connectivity index (χ3n) is 5.56. The van der Waals surface area contributed by atoms with Crippen LogP contribution in [0.15, 0.2) is 34.0 Å². The van der Waals surface area contributed by atoms with Crippen molar-refractivity contribution in [2.45, 2.75) is 55.3 Å². The van der Waals surface area contributed by atoms with Crippen molar-refractivity contribution in [3.05, 3.63) is 34.3 Å². The zero-order valence-corrected chi connectivity index (χ0v) is 17.9. The van der Waals surface area contributed by atoms with Crippen LogP contribution in [0, 0.1) is 5.92 Å². The number of nitrogens with zero attached hydrogens (tertiary/aromatic N) is 5. The Bertz CT molecular complexity index is 1160. The third-order valence-corrected chi connectivity index (χ3v) is 8.55. The van der Waals surface area contributed by atoms with Crippen molar-refractivity contribution < 1.29 is 0 Å². The highest BCUT2D eigenvalue weighted by Crippen LogP contribution is 2.45. The molecule has 0 aliphatic heterocycles. The van der Waals surface area contributed by atoms with Crippen molar-refractivity contribution >= 4 is 44.7 Å². The van der Waals surface area contributed by atoms with E-state index in [4.69, 9.17) is 0 Å². The molecule has 4 aromatic heterocycles. The van der Waals surface area contributed by atoms with Crippen LogP contribution in [0.1, 0.15) is 42.7 Å². The molecule has 0 spiro atoms. The largest absolute Gasteiger partial charge is 0.298 e. The van der Waals surface area contributed by atoms with Gasteiger partial charge in [0.05, 0.1) is 4.88 Å². The summed E-state index contributed by atoms with van der Waals surface area (Å²) >= 11 is 5.23. The number of fused-ring (bicyclic) bond motifs is 3. The van der Waals surface area contributed by atoms with Crippen molar-refractivity contribution in [1.82, 2.24) is 24.7 Å². The molecule has 0 amide bonds. The van der Waals surface area contributed by atoms with E-state index in [1.807, 2.05) is 11.3 Å². The molecule has 0 saturated heterocycles. The zero-order valence-electron chi connectivity index (χ0n) is 15.5. The Morgan fingerprint density at radius 2 is 2.11 bits per heavy atom. The normalized spacial score (nSPS) is 19.2. The highest BCUT2D eigenvalue weighted by atomic mass is 32.2. The van der Waals surface area contributed by atoms with Gasteiger partial charge >= 0.3 is 0 Å². The smallest absolute Gasteiger partial charge is 0.198 e. The molecular weight excluding hydrogens is 406 g/mol. The fraction of sp³-hybridized carbons (Fsp3) is 0.400. The van der Waals surface area contributed by atoms with E-state index in [9.17, 15) is 0 Å². The lowest BCUT2D eigenvalue weighted by molar-refractivity contribution is 0.509. The molecule has 1 atom stereocenters. The van der Waals surface area contributed by atoms with Gasteiger partial charge in [0.15, 0.2) is 11.0 Å². The number of aromatic nitrogens is 5. The lowest BCUT2D eigenvalue weighted by Crippen LogP contribution is -2.08. The minimum Gasteiger partial charge on any atom is -0.298 e. The van der Waals surface area contributed by atoms with Crippen molar-refractivity contribution in [3.8, 4) is 10.7 Å². The van der Waals surface area contributed by atoms with Crippen molar-refractivity contribution in [1.29, 1.82) is 0 Å². The fourth-order valence-electron chi connectivity index (χ4n) is 3.99. The summed E-state index contributed by atoms with van der Waals surface area (Å²) in [7, 11) is 0. The van der Waals surface area contributed by atoms with Gasteiger partial charge in [-0.1, -0.05) is 13.0 Å². The third kappa shape index (κ3) is 2.81. The quantitative estimate of drug-likeness (QED) is 0.397. The van der Waals surface area contributed by atoms with Crippen LogP contribution in [-0.2, 0) is 12.8 Å². The second-order valence-corrected chi connectivity index (χ2v) is 10.7. The highest BCUT2D eigenvalue weighted by Gasteiger charge is 2.31. The van der Waals surface area contributed by atoms with Gasteiger partial charge in [-0.2, -0.15) is 0 Å². The maximum absolute atomic E-state index is 4.67. The highest BCUT2D eigenvalue weighted by molar-refractivity contribution is 7.99. The molecule has 0 aromatic carbocycles. The summed E-state index contributed by atoms with van der Waals surface area (Å²) in [5.74, 6) is 1.75. The van der Waals surface area contributed by atoms with Crippen LogP contribution >= 0.6 is 34.4 Å². The average Bonchev–Trinajstić information content (AvgIpc) is 3.09. The van der Waals surface area contributed by atoms with E-state index >= 15 is 0 Å². The van der Waals surface area contributed by atoms with Crippen LogP contribution in [0.5, 0.6) is 0 Å². The SMILES string of the molecule is CC1CCc2c(sc3ncnc(Sc4nnc(-c5cccs5)n4C4CC4)c23)C1. The lowest BCUT2D eigenvalue weighted by atomic mass is 9.89. The van der Waals surface area contributed by atoms with Gasteiger partial charge in [0.25, 0.3) is 0 Å². The van der Waals surface area contributed by atoms with Crippen LogP contribution in [0.2, 0.25) is 0 Å². The molecule has 5 nitrogen and oxygen atoms in total. The Morgan fingerprint density at radius 1 is 1.18 bits per heavy atom. The minimum atomic E-state index is 0.518. The number of rotatable bonds is 4. The van der Waals surface area contributed by atoms with Crippen LogP contribution in [0.3, 0.4) is 0 Å². The molecule has 2 aliphatic carbocycles. The monoisotopic (exact) mass is 425 g/mol. The summed E-state index contributed by atoms with van der Waals surface area (Å²) < 4.78 is 2.32. The molecule has 4 aromatic rings. The predicted molar refractivity (Wildman–Crippen MR) is 114 cm³/mol. The van der Waals surface area contributed by atoms with E-state index in [0.29, 0.717) is 6.04 Å². The number of hydrogen-bond donors (Lipinski definition) is 0. The Hall–Kier alpha value is -1.77. The summed E-state index contributed by atoms with van der Waals surface area (Å²) in [5.41, 5.74) is 1.47. The fourth-order valence-corrected chi connectivity index (χ4v) is 7.12. The molecule has 1 unspecified atom stereocenters. The molecule has 0 bridgehead atoms. The van der Waals surface area contributed by atoms with E-state index in [-0.39, 0.29) is 0 Å². The first kappa shape index (κ1) is 17.1. The maximum Gasteiger partial charge on any atom is 0.198 e. The minimum absolute atomic E-state index is 0.518. The van der Waals surface area contributed by atoms with Crippen LogP contribution in [0.25, 0.3) is 20.9 Å². The Labute approximate surface area is 175 Å². The number of hydrogen-bond acceptors (Lipinski definition) is 7. The number of aryl methyl sites for hydroxylation is 1. The van der Waals surface area contributed by atoms with E-state index in [1.54, 1.807) is 29.4 Å². The van der Waals surface area contributed by atoms with Gasteiger partial charge in [0.2, 0.25) is 0 Å². The summed E-state index contributed by atoms with van der Waals surface area (Å²) in [5, 5.41) is 14.4. The standard InChI is InChI=1S/C20H19N5S3/c1-11-4-7-13-15(9-11)27-18-16(13)19(22-10-21-18)28-20-24-23-17(14-3-2-8-26-14)25(20)12-5-6-12/h2-3,8,10-12H,4-7,9H2,1H3. The summed E-state index contributed by atoms with van der Waals surface area (Å²) in [6.07, 6.45) is 7.66. The summed E-state index contributed by atoms with van der Waals surface area (Å²) in [4.78, 5) is 13.1. The molecule has 28 heavy (non-hydrogen) atoms. The second kappa shape index (κ2) is 6.64. The Morgan fingerprint density at radius 3 is 2.93 bits per heavy atom. The Kier molecular flexibility index (Phi) is 4.06. The van der Waals surface area contributed by atoms with E-state index in [0.717, 1.165) is 33.2 Å². The molecule has 0 N–H and O–H groups in total. The average molecular weight is 426 g/mol. The van der Waals surface area contributed by atoms with Crippen molar-refractivity contribution in [2.24, 2.45) is 5.92 Å². The van der Waals surface area contributed by atoms with Crippen LogP contribution in [-0.4, -0.2) is 24.7 Å². The molecular formula is C20H19N5S3. The topological polar surface area (TPSA) is 56.5 Å².